The standard InChI is InChI=1S/C15H22O3/c1-6-7-11(2)8-9-12(3)13-10-14(16)18-15(4,5)17-13/h8-10H,6-7H2,1-5H3/b11-8+,12-9+. The van der Waals surface area contributed by atoms with Gasteiger partial charge in [0.15, 0.2) is 0 Å². The van der Waals surface area contributed by atoms with Gasteiger partial charge >= 0.3 is 5.97 Å². The van der Waals surface area contributed by atoms with Crippen molar-refractivity contribution in [2.75, 3.05) is 0 Å². The van der Waals surface area contributed by atoms with Crippen LogP contribution in [0, 0.1) is 0 Å². The van der Waals surface area contributed by atoms with Crippen molar-refractivity contribution in [3.05, 3.63) is 35.1 Å². The summed E-state index contributed by atoms with van der Waals surface area (Å²) in [5, 5.41) is 0. The van der Waals surface area contributed by atoms with Gasteiger partial charge in [0.25, 0.3) is 0 Å². The highest BCUT2D eigenvalue weighted by Crippen LogP contribution is 2.26. The summed E-state index contributed by atoms with van der Waals surface area (Å²) in [6.07, 6.45) is 7.65. The Morgan fingerprint density at radius 1 is 1.28 bits per heavy atom. The van der Waals surface area contributed by atoms with E-state index in [-0.39, 0.29) is 5.97 Å². The Kier molecular flexibility index (Phi) is 4.76. The van der Waals surface area contributed by atoms with E-state index < -0.39 is 5.79 Å². The Bertz CT molecular complexity index is 411. The highest BCUT2D eigenvalue weighted by molar-refractivity contribution is 5.84. The van der Waals surface area contributed by atoms with Gasteiger partial charge in [-0.3, -0.25) is 0 Å². The van der Waals surface area contributed by atoms with Crippen LogP contribution in [0.2, 0.25) is 0 Å². The van der Waals surface area contributed by atoms with Gasteiger partial charge in [-0.25, -0.2) is 4.79 Å². The minimum atomic E-state index is -0.890. The van der Waals surface area contributed by atoms with Gasteiger partial charge < -0.3 is 9.47 Å². The topological polar surface area (TPSA) is 35.5 Å². The van der Waals surface area contributed by atoms with E-state index in [9.17, 15) is 4.79 Å². The van der Waals surface area contributed by atoms with Crippen molar-refractivity contribution in [3.8, 4) is 0 Å². The molecule has 0 fully saturated rings. The molecule has 18 heavy (non-hydrogen) atoms. The van der Waals surface area contributed by atoms with Crippen molar-refractivity contribution in [2.45, 2.75) is 53.2 Å². The van der Waals surface area contributed by atoms with E-state index in [1.54, 1.807) is 13.8 Å². The molecule has 3 heteroatoms. The Morgan fingerprint density at radius 2 is 1.94 bits per heavy atom. The summed E-state index contributed by atoms with van der Waals surface area (Å²) in [6, 6.07) is 0. The molecule has 0 spiro atoms. The molecule has 0 amide bonds. The SMILES string of the molecule is CCC/C(C)=C/C=C(\C)C1=CC(=O)OC(C)(C)O1. The number of cyclic esters (lactones) is 1. The molecule has 0 atom stereocenters. The smallest absolute Gasteiger partial charge is 0.337 e. The Morgan fingerprint density at radius 3 is 2.50 bits per heavy atom. The fourth-order valence-electron chi connectivity index (χ4n) is 1.72. The third-order valence-corrected chi connectivity index (χ3v) is 2.60. The largest absolute Gasteiger partial charge is 0.452 e. The zero-order valence-electron chi connectivity index (χ0n) is 11.9. The lowest BCUT2D eigenvalue weighted by molar-refractivity contribution is -0.203. The average Bonchev–Trinajstić information content (AvgIpc) is 2.23. The summed E-state index contributed by atoms with van der Waals surface area (Å²) >= 11 is 0. The minimum Gasteiger partial charge on any atom is -0.452 e. The number of hydrogen-bond acceptors (Lipinski definition) is 3. The van der Waals surface area contributed by atoms with Crippen LogP contribution in [-0.2, 0) is 14.3 Å². The number of ether oxygens (including phenoxy) is 2. The van der Waals surface area contributed by atoms with Crippen LogP contribution in [0.25, 0.3) is 0 Å². The number of rotatable bonds is 4. The highest BCUT2D eigenvalue weighted by atomic mass is 16.7. The van der Waals surface area contributed by atoms with Crippen LogP contribution in [0.15, 0.2) is 35.1 Å². The molecule has 0 bridgehead atoms. The van der Waals surface area contributed by atoms with Crippen LogP contribution < -0.4 is 0 Å². The van der Waals surface area contributed by atoms with Crippen molar-refractivity contribution in [1.82, 2.24) is 0 Å². The molecule has 0 saturated carbocycles. The predicted molar refractivity (Wildman–Crippen MR) is 71.8 cm³/mol. The molecule has 1 rings (SSSR count). The monoisotopic (exact) mass is 250 g/mol. The molecule has 0 saturated heterocycles. The summed E-state index contributed by atoms with van der Waals surface area (Å²) < 4.78 is 10.7. The van der Waals surface area contributed by atoms with Crippen molar-refractivity contribution in [3.63, 3.8) is 0 Å². The molecular formula is C15H22O3. The van der Waals surface area contributed by atoms with Gasteiger partial charge in [0.1, 0.15) is 5.76 Å². The summed E-state index contributed by atoms with van der Waals surface area (Å²) in [4.78, 5) is 11.4. The Labute approximate surface area is 109 Å². The van der Waals surface area contributed by atoms with Gasteiger partial charge in [-0.15, -0.1) is 0 Å². The fourth-order valence-corrected chi connectivity index (χ4v) is 1.72. The first-order valence-corrected chi connectivity index (χ1v) is 6.32. The molecule has 0 aromatic heterocycles. The van der Waals surface area contributed by atoms with Gasteiger partial charge in [0.2, 0.25) is 5.79 Å². The zero-order chi connectivity index (χ0) is 13.8. The lowest BCUT2D eigenvalue weighted by atomic mass is 10.1. The van der Waals surface area contributed by atoms with E-state index in [1.165, 1.54) is 11.6 Å². The van der Waals surface area contributed by atoms with Crippen LogP contribution in [0.1, 0.15) is 47.5 Å². The molecule has 0 radical (unpaired) electrons. The summed E-state index contributed by atoms with van der Waals surface area (Å²) in [5.41, 5.74) is 2.24. The number of hydrogen-bond donors (Lipinski definition) is 0. The van der Waals surface area contributed by atoms with Gasteiger partial charge in [-0.05, 0) is 25.8 Å². The first kappa shape index (κ1) is 14.6. The van der Waals surface area contributed by atoms with Gasteiger partial charge in [-0.2, -0.15) is 0 Å². The van der Waals surface area contributed by atoms with E-state index in [0.29, 0.717) is 5.76 Å². The number of allylic oxidation sites excluding steroid dienone is 4. The molecule has 3 nitrogen and oxygen atoms in total. The van der Waals surface area contributed by atoms with Crippen LogP contribution in [-0.4, -0.2) is 11.8 Å². The van der Waals surface area contributed by atoms with E-state index >= 15 is 0 Å². The molecule has 0 N–H and O–H groups in total. The van der Waals surface area contributed by atoms with Crippen molar-refractivity contribution >= 4 is 5.97 Å². The van der Waals surface area contributed by atoms with Crippen LogP contribution in [0.5, 0.6) is 0 Å². The van der Waals surface area contributed by atoms with Gasteiger partial charge in [0.05, 0.1) is 6.08 Å². The number of carbonyl (C=O) groups excluding carboxylic acids is 1. The van der Waals surface area contributed by atoms with Crippen LogP contribution >= 0.6 is 0 Å². The van der Waals surface area contributed by atoms with E-state index in [1.807, 2.05) is 13.0 Å². The summed E-state index contributed by atoms with van der Waals surface area (Å²) in [5.74, 6) is -0.668. The summed E-state index contributed by atoms with van der Waals surface area (Å²) in [6.45, 7) is 9.63. The molecule has 100 valence electrons. The van der Waals surface area contributed by atoms with E-state index in [4.69, 9.17) is 9.47 Å². The van der Waals surface area contributed by atoms with Crippen LogP contribution in [0.4, 0.5) is 0 Å². The van der Waals surface area contributed by atoms with Crippen LogP contribution in [0.3, 0.4) is 0 Å². The van der Waals surface area contributed by atoms with Gasteiger partial charge in [0, 0.05) is 13.8 Å². The van der Waals surface area contributed by atoms with Crippen molar-refractivity contribution < 1.29 is 14.3 Å². The molecule has 0 aromatic carbocycles. The van der Waals surface area contributed by atoms with E-state index in [2.05, 4.69) is 19.9 Å². The number of esters is 1. The molecule has 0 aliphatic carbocycles. The number of carbonyl (C=O) groups is 1. The minimum absolute atomic E-state index is 0.358. The lowest BCUT2D eigenvalue weighted by Crippen LogP contribution is -2.34. The molecule has 0 unspecified atom stereocenters. The maximum absolute atomic E-state index is 11.4. The first-order chi connectivity index (χ1) is 8.34. The maximum Gasteiger partial charge on any atom is 0.337 e. The zero-order valence-corrected chi connectivity index (χ0v) is 11.9. The van der Waals surface area contributed by atoms with Gasteiger partial charge in [-0.1, -0.05) is 31.1 Å². The van der Waals surface area contributed by atoms with E-state index in [0.717, 1.165) is 18.4 Å². The average molecular weight is 250 g/mol. The summed E-state index contributed by atoms with van der Waals surface area (Å²) in [7, 11) is 0. The maximum atomic E-state index is 11.4. The molecule has 1 aliphatic heterocycles. The molecular weight excluding hydrogens is 228 g/mol. The molecule has 0 aromatic rings. The molecule has 1 heterocycles. The first-order valence-electron chi connectivity index (χ1n) is 6.32. The van der Waals surface area contributed by atoms with Crippen molar-refractivity contribution in [1.29, 1.82) is 0 Å². The fraction of sp³-hybridized carbons (Fsp3) is 0.533. The third-order valence-electron chi connectivity index (χ3n) is 2.60. The second kappa shape index (κ2) is 5.89. The second-order valence-corrected chi connectivity index (χ2v) is 5.04. The third kappa shape index (κ3) is 4.40. The quantitative estimate of drug-likeness (QED) is 0.561. The Balaban J connectivity index is 2.84. The highest BCUT2D eigenvalue weighted by Gasteiger charge is 2.30. The van der Waals surface area contributed by atoms with Crippen molar-refractivity contribution in [2.24, 2.45) is 0 Å². The predicted octanol–water partition coefficient (Wildman–Crippen LogP) is 3.87. The lowest BCUT2D eigenvalue weighted by Gasteiger charge is -2.30. The normalized spacial score (nSPS) is 20.1. The second-order valence-electron chi connectivity index (χ2n) is 5.04. The molecule has 1 aliphatic rings. The Hall–Kier alpha value is -1.51.